The normalized spacial score (nSPS) is 21.2. The first-order valence-corrected chi connectivity index (χ1v) is 19.4. The molecule has 2 saturated heterocycles. The van der Waals surface area contributed by atoms with E-state index in [2.05, 4.69) is 45.6 Å². The number of amides is 4. The van der Waals surface area contributed by atoms with Gasteiger partial charge in [0.2, 0.25) is 23.6 Å². The molecule has 53 heavy (non-hydrogen) atoms. The van der Waals surface area contributed by atoms with Gasteiger partial charge in [-0.1, -0.05) is 48.5 Å². The summed E-state index contributed by atoms with van der Waals surface area (Å²) in [6.07, 6.45) is 8.74. The maximum Gasteiger partial charge on any atom is 0.228 e. The molecule has 278 valence electrons. The zero-order valence-electron chi connectivity index (χ0n) is 31.1. The number of aryl methyl sites for hydroxylation is 2. The number of likely N-dealkylation sites (tertiary alicyclic amines) is 1. The molecule has 10 heteroatoms. The van der Waals surface area contributed by atoms with Crippen LogP contribution >= 0.6 is 0 Å². The van der Waals surface area contributed by atoms with Crippen LogP contribution < -0.4 is 5.32 Å². The lowest BCUT2D eigenvalue weighted by atomic mass is 9.64. The number of aromatic nitrogens is 2. The van der Waals surface area contributed by atoms with Crippen LogP contribution in [0.1, 0.15) is 73.0 Å². The summed E-state index contributed by atoms with van der Waals surface area (Å²) in [4.78, 5) is 69.4. The van der Waals surface area contributed by atoms with Gasteiger partial charge in [0.1, 0.15) is 0 Å². The van der Waals surface area contributed by atoms with Gasteiger partial charge in [-0.25, -0.2) is 0 Å². The predicted molar refractivity (Wildman–Crippen MR) is 205 cm³/mol. The van der Waals surface area contributed by atoms with Crippen molar-refractivity contribution < 1.29 is 19.2 Å². The third-order valence-corrected chi connectivity index (χ3v) is 11.8. The number of pyridine rings is 1. The van der Waals surface area contributed by atoms with E-state index in [1.165, 1.54) is 0 Å². The molecule has 10 nitrogen and oxygen atoms in total. The summed E-state index contributed by atoms with van der Waals surface area (Å²) < 4.78 is 0. The molecule has 5 heterocycles. The molecule has 2 fully saturated rings. The molecule has 3 aliphatic heterocycles. The van der Waals surface area contributed by atoms with Crippen LogP contribution in [0.25, 0.3) is 10.9 Å². The molecule has 0 saturated carbocycles. The number of hydrogen-bond acceptors (Lipinski definition) is 5. The largest absolute Gasteiger partial charge is 0.356 e. The molecule has 0 aliphatic carbocycles. The molecule has 4 aromatic rings. The molecule has 0 radical (unpaired) electrons. The van der Waals surface area contributed by atoms with Gasteiger partial charge in [-0.2, -0.15) is 0 Å². The molecule has 7 rings (SSSR count). The van der Waals surface area contributed by atoms with E-state index >= 15 is 4.79 Å². The standard InChI is InChI=1S/C43H52N6O4/c1-47(2)39(51)17-15-31-14-16-34-35-20-26-49-41(52)32(29-38(50)45-23-19-33-13-7-8-22-44-33)28-36(42(53)48-24-9-4-10-25-48)43(49,40(35)46-37(34)27-31)21-18-30-11-5-3-6-12-30/h3,5-8,11-14,16,22,27,32,36,46H,4,9-10,15,17-21,23-26,28-29H2,1-2H3,(H,45,50)/t32-,36-,43+/m1/s1. The van der Waals surface area contributed by atoms with Crippen LogP contribution in [0.15, 0.2) is 72.9 Å². The summed E-state index contributed by atoms with van der Waals surface area (Å²) in [6, 6.07) is 22.4. The van der Waals surface area contributed by atoms with E-state index in [0.29, 0.717) is 71.1 Å². The van der Waals surface area contributed by atoms with Crippen LogP contribution in [-0.4, -0.2) is 88.6 Å². The second kappa shape index (κ2) is 15.9. The molecule has 3 aliphatic rings. The molecule has 2 N–H and O–H groups in total. The van der Waals surface area contributed by atoms with Gasteiger partial charge in [0.25, 0.3) is 0 Å². The van der Waals surface area contributed by atoms with E-state index in [9.17, 15) is 14.4 Å². The molecule has 4 amide bonds. The van der Waals surface area contributed by atoms with Crippen molar-refractivity contribution in [2.24, 2.45) is 11.8 Å². The first kappa shape index (κ1) is 36.4. The third-order valence-electron chi connectivity index (χ3n) is 11.8. The fraction of sp³-hybridized carbons (Fsp3) is 0.465. The van der Waals surface area contributed by atoms with Crippen molar-refractivity contribution in [1.82, 2.24) is 30.0 Å². The van der Waals surface area contributed by atoms with Crippen LogP contribution in [0, 0.1) is 11.8 Å². The van der Waals surface area contributed by atoms with Crippen LogP contribution in [-0.2, 0) is 50.4 Å². The Morgan fingerprint density at radius 1 is 0.925 bits per heavy atom. The Balaban J connectivity index is 1.25. The smallest absolute Gasteiger partial charge is 0.228 e. The molecule has 0 unspecified atom stereocenters. The molecule has 3 atom stereocenters. The topological polar surface area (TPSA) is 119 Å². The van der Waals surface area contributed by atoms with Gasteiger partial charge in [0.15, 0.2) is 0 Å². The fourth-order valence-corrected chi connectivity index (χ4v) is 8.99. The first-order valence-electron chi connectivity index (χ1n) is 19.4. The lowest BCUT2D eigenvalue weighted by Gasteiger charge is -2.56. The number of nitrogens with zero attached hydrogens (tertiary/aromatic N) is 4. The summed E-state index contributed by atoms with van der Waals surface area (Å²) >= 11 is 0. The Labute approximate surface area is 312 Å². The van der Waals surface area contributed by atoms with E-state index in [4.69, 9.17) is 0 Å². The summed E-state index contributed by atoms with van der Waals surface area (Å²) in [7, 11) is 3.55. The average Bonchev–Trinajstić information content (AvgIpc) is 3.57. The number of fused-ring (bicyclic) bond motifs is 5. The lowest BCUT2D eigenvalue weighted by Crippen LogP contribution is -2.66. The minimum atomic E-state index is -0.902. The van der Waals surface area contributed by atoms with Crippen molar-refractivity contribution in [3.05, 3.63) is 101 Å². The van der Waals surface area contributed by atoms with Gasteiger partial charge < -0.3 is 25.0 Å². The maximum atomic E-state index is 15.0. The Bertz CT molecular complexity index is 1940. The minimum Gasteiger partial charge on any atom is -0.356 e. The SMILES string of the molecule is CN(C)C(=O)CCc1ccc2c3c([nH]c2c1)[C@]1(CCc2ccccc2)[C@@H](C(=O)N2CCCCC2)C[C@H](CC(=O)NCCc2ccccn2)C(=O)N1CC3. The van der Waals surface area contributed by atoms with Crippen molar-refractivity contribution in [3.8, 4) is 0 Å². The predicted octanol–water partition coefficient (Wildman–Crippen LogP) is 5.19. The minimum absolute atomic E-state index is 0.0463. The van der Waals surface area contributed by atoms with Crippen molar-refractivity contribution in [2.45, 2.75) is 76.2 Å². The van der Waals surface area contributed by atoms with E-state index in [-0.39, 0.29) is 30.0 Å². The average molecular weight is 717 g/mol. The molecule has 0 bridgehead atoms. The monoisotopic (exact) mass is 716 g/mol. The Morgan fingerprint density at radius 2 is 1.72 bits per heavy atom. The van der Waals surface area contributed by atoms with Crippen molar-refractivity contribution >= 4 is 34.5 Å². The van der Waals surface area contributed by atoms with E-state index < -0.39 is 17.4 Å². The molecular weight excluding hydrogens is 665 g/mol. The van der Waals surface area contributed by atoms with Gasteiger partial charge >= 0.3 is 0 Å². The van der Waals surface area contributed by atoms with Crippen LogP contribution in [0.2, 0.25) is 0 Å². The molecule has 2 aromatic heterocycles. The zero-order chi connectivity index (χ0) is 37.0. The van der Waals surface area contributed by atoms with Gasteiger partial charge in [-0.3, -0.25) is 24.2 Å². The van der Waals surface area contributed by atoms with Crippen LogP contribution in [0.5, 0.6) is 0 Å². The summed E-state index contributed by atoms with van der Waals surface area (Å²) in [6.45, 7) is 2.34. The number of carbonyl (C=O) groups is 4. The summed E-state index contributed by atoms with van der Waals surface area (Å²) in [5.74, 6) is -1.16. The van der Waals surface area contributed by atoms with Gasteiger partial charge in [-0.05, 0) is 86.3 Å². The van der Waals surface area contributed by atoms with Gasteiger partial charge in [0.05, 0.1) is 11.5 Å². The Kier molecular flexibility index (Phi) is 10.9. The molecule has 2 aromatic carbocycles. The van der Waals surface area contributed by atoms with E-state index in [0.717, 1.165) is 58.2 Å². The van der Waals surface area contributed by atoms with Crippen molar-refractivity contribution in [2.75, 3.05) is 40.3 Å². The summed E-state index contributed by atoms with van der Waals surface area (Å²) in [5.41, 5.74) is 5.31. The number of rotatable bonds is 12. The summed E-state index contributed by atoms with van der Waals surface area (Å²) in [5, 5.41) is 4.13. The van der Waals surface area contributed by atoms with Crippen molar-refractivity contribution in [1.29, 1.82) is 0 Å². The number of piperidine rings is 2. The Hall–Kier alpha value is -4.99. The highest BCUT2D eigenvalue weighted by atomic mass is 16.2. The number of hydrogen-bond donors (Lipinski definition) is 2. The molecular formula is C43H52N6O4. The zero-order valence-corrected chi connectivity index (χ0v) is 31.1. The van der Waals surface area contributed by atoms with Gasteiger partial charge in [-0.15, -0.1) is 0 Å². The number of aromatic amines is 1. The third kappa shape index (κ3) is 7.59. The fourth-order valence-electron chi connectivity index (χ4n) is 8.99. The first-order chi connectivity index (χ1) is 25.7. The van der Waals surface area contributed by atoms with E-state index in [1.807, 2.05) is 46.2 Å². The number of nitrogens with one attached hydrogen (secondary N) is 2. The second-order valence-corrected chi connectivity index (χ2v) is 15.3. The van der Waals surface area contributed by atoms with Crippen molar-refractivity contribution in [3.63, 3.8) is 0 Å². The lowest BCUT2D eigenvalue weighted by molar-refractivity contribution is -0.167. The maximum absolute atomic E-state index is 15.0. The highest BCUT2D eigenvalue weighted by Crippen LogP contribution is 2.53. The molecule has 0 spiro atoms. The van der Waals surface area contributed by atoms with E-state index in [1.54, 1.807) is 25.2 Å². The van der Waals surface area contributed by atoms with Crippen LogP contribution in [0.3, 0.4) is 0 Å². The number of H-pyrrole nitrogens is 1. The number of carbonyl (C=O) groups excluding carboxylic acids is 4. The Morgan fingerprint density at radius 3 is 2.47 bits per heavy atom. The second-order valence-electron chi connectivity index (χ2n) is 15.3. The highest BCUT2D eigenvalue weighted by molar-refractivity contribution is 5.93. The van der Waals surface area contributed by atoms with Gasteiger partial charge in [0, 0.05) is 93.9 Å². The van der Waals surface area contributed by atoms with Crippen LogP contribution in [0.4, 0.5) is 0 Å². The highest BCUT2D eigenvalue weighted by Gasteiger charge is 2.59. The quantitative estimate of drug-likeness (QED) is 0.209. The number of benzene rings is 2.